The number of carbonyl (C=O) groups is 1. The smallest absolute Gasteiger partial charge is 0.307 e. The van der Waals surface area contributed by atoms with Gasteiger partial charge in [0.2, 0.25) is 0 Å². The summed E-state index contributed by atoms with van der Waals surface area (Å²) in [6.07, 6.45) is 3.58. The fraction of sp³-hybridized carbons (Fsp3) is 0.381. The Balaban J connectivity index is 1.94. The highest BCUT2D eigenvalue weighted by Crippen LogP contribution is 2.24. The Morgan fingerprint density at radius 1 is 1.08 bits per heavy atom. The maximum atomic E-state index is 10.8. The van der Waals surface area contributed by atoms with Gasteiger partial charge in [-0.25, -0.2) is 0 Å². The van der Waals surface area contributed by atoms with Gasteiger partial charge in [0.25, 0.3) is 0 Å². The van der Waals surface area contributed by atoms with Crippen LogP contribution in [0.3, 0.4) is 0 Å². The van der Waals surface area contributed by atoms with E-state index in [0.717, 1.165) is 42.4 Å². The summed E-state index contributed by atoms with van der Waals surface area (Å²) in [6, 6.07) is 14.9. The van der Waals surface area contributed by atoms with Crippen molar-refractivity contribution in [1.82, 2.24) is 0 Å². The molecule has 4 nitrogen and oxygen atoms in total. The largest absolute Gasteiger partial charge is 0.489 e. The molecule has 1 atom stereocenters. The lowest BCUT2D eigenvalue weighted by molar-refractivity contribution is -0.136. The quantitative estimate of drug-likeness (QED) is 0.624. The molecule has 0 aliphatic heterocycles. The Labute approximate surface area is 149 Å². The fourth-order valence-corrected chi connectivity index (χ4v) is 2.74. The van der Waals surface area contributed by atoms with Crippen LogP contribution in [0, 0.1) is 0 Å². The van der Waals surface area contributed by atoms with Crippen molar-refractivity contribution >= 4 is 5.97 Å². The summed E-state index contributed by atoms with van der Waals surface area (Å²) < 4.78 is 5.81. The zero-order valence-corrected chi connectivity index (χ0v) is 14.6. The predicted octanol–water partition coefficient (Wildman–Crippen LogP) is 4.51. The van der Waals surface area contributed by atoms with Crippen molar-refractivity contribution in [2.24, 2.45) is 0 Å². The van der Waals surface area contributed by atoms with E-state index >= 15 is 0 Å². The average molecular weight is 342 g/mol. The number of hydrogen-bond donors (Lipinski definition) is 2. The van der Waals surface area contributed by atoms with Gasteiger partial charge in [0.05, 0.1) is 12.5 Å². The van der Waals surface area contributed by atoms with Crippen LogP contribution < -0.4 is 4.74 Å². The molecule has 0 amide bonds. The normalized spacial score (nSPS) is 11.9. The van der Waals surface area contributed by atoms with Gasteiger partial charge >= 0.3 is 5.97 Å². The first-order chi connectivity index (χ1) is 12.1. The number of benzene rings is 2. The standard InChI is InChI=1S/C21H26O4/c1-2-3-4-11-20(22)18-9-6-10-19(14-18)25-15-17-8-5-7-16(12-17)13-21(23)24/h5-10,12,14,20,22H,2-4,11,13,15H2,1H3,(H,23,24). The minimum absolute atomic E-state index is 0.00722. The molecule has 2 aromatic carbocycles. The number of aliphatic hydroxyl groups excluding tert-OH is 1. The monoisotopic (exact) mass is 342 g/mol. The van der Waals surface area contributed by atoms with Crippen LogP contribution in [0.1, 0.15) is 55.4 Å². The Morgan fingerprint density at radius 2 is 1.84 bits per heavy atom. The molecule has 2 rings (SSSR count). The first kappa shape index (κ1) is 19.0. The summed E-state index contributed by atoms with van der Waals surface area (Å²) >= 11 is 0. The second-order valence-electron chi connectivity index (χ2n) is 6.26. The second-order valence-corrected chi connectivity index (χ2v) is 6.26. The lowest BCUT2D eigenvalue weighted by Crippen LogP contribution is -2.02. The van der Waals surface area contributed by atoms with Gasteiger partial charge in [0, 0.05) is 0 Å². The molecule has 0 bridgehead atoms. The minimum Gasteiger partial charge on any atom is -0.489 e. The highest BCUT2D eigenvalue weighted by molar-refractivity contribution is 5.70. The van der Waals surface area contributed by atoms with Crippen LogP contribution in [0.25, 0.3) is 0 Å². The van der Waals surface area contributed by atoms with E-state index in [2.05, 4.69) is 6.92 Å². The summed E-state index contributed by atoms with van der Waals surface area (Å²) in [5.41, 5.74) is 2.55. The molecular formula is C21H26O4. The van der Waals surface area contributed by atoms with Crippen molar-refractivity contribution in [1.29, 1.82) is 0 Å². The van der Waals surface area contributed by atoms with Crippen LogP contribution in [0.15, 0.2) is 48.5 Å². The van der Waals surface area contributed by atoms with Crippen LogP contribution >= 0.6 is 0 Å². The molecule has 2 aromatic rings. The summed E-state index contributed by atoms with van der Waals surface area (Å²) in [5.74, 6) is -0.140. The van der Waals surface area contributed by atoms with E-state index in [1.165, 1.54) is 0 Å². The number of unbranched alkanes of at least 4 members (excludes halogenated alkanes) is 2. The van der Waals surface area contributed by atoms with Gasteiger partial charge in [-0.1, -0.05) is 62.6 Å². The van der Waals surface area contributed by atoms with Crippen LogP contribution in [-0.4, -0.2) is 16.2 Å². The maximum Gasteiger partial charge on any atom is 0.307 e. The molecule has 0 heterocycles. The Bertz CT molecular complexity index is 681. The molecule has 0 fully saturated rings. The number of aliphatic carboxylic acids is 1. The van der Waals surface area contributed by atoms with Crippen molar-refractivity contribution in [3.63, 3.8) is 0 Å². The van der Waals surface area contributed by atoms with E-state index in [1.807, 2.05) is 42.5 Å². The van der Waals surface area contributed by atoms with Gasteiger partial charge < -0.3 is 14.9 Å². The minimum atomic E-state index is -0.845. The highest BCUT2D eigenvalue weighted by atomic mass is 16.5. The molecule has 0 radical (unpaired) electrons. The van der Waals surface area contributed by atoms with Gasteiger partial charge in [0.15, 0.2) is 0 Å². The zero-order valence-electron chi connectivity index (χ0n) is 14.6. The average Bonchev–Trinajstić information content (AvgIpc) is 2.60. The van der Waals surface area contributed by atoms with E-state index in [0.29, 0.717) is 12.4 Å². The molecule has 0 aliphatic rings. The van der Waals surface area contributed by atoms with Gasteiger partial charge in [-0.05, 0) is 35.2 Å². The molecule has 0 aromatic heterocycles. The molecule has 0 saturated carbocycles. The molecule has 0 spiro atoms. The first-order valence-corrected chi connectivity index (χ1v) is 8.79. The van der Waals surface area contributed by atoms with E-state index in [-0.39, 0.29) is 6.42 Å². The first-order valence-electron chi connectivity index (χ1n) is 8.79. The summed E-state index contributed by atoms with van der Waals surface area (Å²) in [7, 11) is 0. The van der Waals surface area contributed by atoms with Crippen LogP contribution in [0.5, 0.6) is 5.75 Å². The number of hydrogen-bond acceptors (Lipinski definition) is 3. The SMILES string of the molecule is CCCCCC(O)c1cccc(OCc2cccc(CC(=O)O)c2)c1. The van der Waals surface area contributed by atoms with Gasteiger partial charge in [-0.3, -0.25) is 4.79 Å². The van der Waals surface area contributed by atoms with Crippen molar-refractivity contribution < 1.29 is 19.7 Å². The van der Waals surface area contributed by atoms with Crippen LogP contribution in [0.4, 0.5) is 0 Å². The lowest BCUT2D eigenvalue weighted by atomic mass is 10.0. The summed E-state index contributed by atoms with van der Waals surface area (Å²) in [6.45, 7) is 2.51. The molecule has 0 saturated heterocycles. The Hall–Kier alpha value is -2.33. The molecule has 2 N–H and O–H groups in total. The molecule has 1 unspecified atom stereocenters. The van der Waals surface area contributed by atoms with Crippen molar-refractivity contribution in [3.05, 3.63) is 65.2 Å². The Morgan fingerprint density at radius 3 is 2.60 bits per heavy atom. The fourth-order valence-electron chi connectivity index (χ4n) is 2.74. The van der Waals surface area contributed by atoms with Gasteiger partial charge in [-0.15, -0.1) is 0 Å². The van der Waals surface area contributed by atoms with E-state index < -0.39 is 12.1 Å². The third-order valence-electron chi connectivity index (χ3n) is 4.08. The van der Waals surface area contributed by atoms with Crippen molar-refractivity contribution in [2.75, 3.05) is 0 Å². The van der Waals surface area contributed by atoms with Gasteiger partial charge in [-0.2, -0.15) is 0 Å². The van der Waals surface area contributed by atoms with E-state index in [4.69, 9.17) is 9.84 Å². The number of aliphatic hydroxyl groups is 1. The second kappa shape index (κ2) is 9.84. The number of rotatable bonds is 10. The third-order valence-corrected chi connectivity index (χ3v) is 4.08. The highest BCUT2D eigenvalue weighted by Gasteiger charge is 2.08. The number of carboxylic acids is 1. The van der Waals surface area contributed by atoms with Crippen molar-refractivity contribution in [3.8, 4) is 5.75 Å². The number of carboxylic acid groups (broad SMARTS) is 1. The lowest BCUT2D eigenvalue weighted by Gasteiger charge is -2.13. The van der Waals surface area contributed by atoms with Crippen molar-refractivity contribution in [2.45, 2.75) is 51.7 Å². The number of ether oxygens (including phenoxy) is 1. The Kier molecular flexibility index (Phi) is 7.48. The van der Waals surface area contributed by atoms with Crippen LogP contribution in [0.2, 0.25) is 0 Å². The maximum absolute atomic E-state index is 10.8. The molecule has 4 heteroatoms. The van der Waals surface area contributed by atoms with E-state index in [9.17, 15) is 9.90 Å². The van der Waals surface area contributed by atoms with Gasteiger partial charge in [0.1, 0.15) is 12.4 Å². The molecule has 134 valence electrons. The third kappa shape index (κ3) is 6.59. The summed E-state index contributed by atoms with van der Waals surface area (Å²) in [4.78, 5) is 10.8. The zero-order chi connectivity index (χ0) is 18.1. The molecular weight excluding hydrogens is 316 g/mol. The summed E-state index contributed by atoms with van der Waals surface area (Å²) in [5, 5.41) is 19.1. The topological polar surface area (TPSA) is 66.8 Å². The molecule has 0 aliphatic carbocycles. The predicted molar refractivity (Wildman–Crippen MR) is 97.7 cm³/mol. The van der Waals surface area contributed by atoms with Crippen LogP contribution in [-0.2, 0) is 17.8 Å². The molecule has 25 heavy (non-hydrogen) atoms. The van der Waals surface area contributed by atoms with E-state index in [1.54, 1.807) is 6.07 Å².